The van der Waals surface area contributed by atoms with Gasteiger partial charge in [0.1, 0.15) is 5.75 Å². The van der Waals surface area contributed by atoms with E-state index in [1.807, 2.05) is 24.3 Å². The molecule has 1 aliphatic heterocycles. The molecule has 1 saturated carbocycles. The molecule has 140 valence electrons. The Kier molecular flexibility index (Phi) is 5.44. The van der Waals surface area contributed by atoms with Gasteiger partial charge in [-0.15, -0.1) is 0 Å². The largest absolute Gasteiger partial charge is 0.497 e. The van der Waals surface area contributed by atoms with Crippen molar-refractivity contribution in [1.29, 1.82) is 0 Å². The van der Waals surface area contributed by atoms with E-state index in [-0.39, 0.29) is 24.3 Å². The molecule has 2 atom stereocenters. The molecule has 1 aromatic carbocycles. The maximum atomic E-state index is 12.6. The number of carboxylic acid groups (broad SMARTS) is 1. The zero-order valence-electron chi connectivity index (χ0n) is 14.9. The number of benzene rings is 1. The summed E-state index contributed by atoms with van der Waals surface area (Å²) in [6.45, 7) is 1.57. The molecule has 3 rings (SSSR count). The molecule has 2 aliphatic rings. The smallest absolute Gasteiger partial charge is 0.306 e. The van der Waals surface area contributed by atoms with Crippen molar-refractivity contribution in [3.8, 4) is 5.75 Å². The molecule has 0 bridgehead atoms. The topological polar surface area (TPSA) is 87.2 Å². The van der Waals surface area contributed by atoms with Crippen LogP contribution in [0, 0.1) is 11.8 Å². The average molecular weight is 360 g/mol. The highest BCUT2D eigenvalue weighted by Gasteiger charge is 2.37. The maximum Gasteiger partial charge on any atom is 0.306 e. The molecule has 1 heterocycles. The van der Waals surface area contributed by atoms with Crippen LogP contribution in [0.15, 0.2) is 24.3 Å². The number of carbonyl (C=O) groups excluding carboxylic acids is 2. The van der Waals surface area contributed by atoms with Gasteiger partial charge in [0.2, 0.25) is 11.8 Å². The number of carbonyl (C=O) groups is 3. The van der Waals surface area contributed by atoms with Crippen LogP contribution in [0.2, 0.25) is 0 Å². The third-order valence-corrected chi connectivity index (χ3v) is 5.29. The molecule has 7 nitrogen and oxygen atoms in total. The number of piperazine rings is 1. The minimum Gasteiger partial charge on any atom is -0.497 e. The Morgan fingerprint density at radius 2 is 1.85 bits per heavy atom. The van der Waals surface area contributed by atoms with E-state index in [9.17, 15) is 14.4 Å². The first-order valence-corrected chi connectivity index (χ1v) is 8.90. The van der Waals surface area contributed by atoms with E-state index in [4.69, 9.17) is 9.84 Å². The number of carboxylic acids is 1. The van der Waals surface area contributed by atoms with Crippen LogP contribution in [-0.4, -0.2) is 59.4 Å². The van der Waals surface area contributed by atoms with Gasteiger partial charge in [-0.2, -0.15) is 0 Å². The third-order valence-electron chi connectivity index (χ3n) is 5.29. The molecule has 1 aromatic rings. The van der Waals surface area contributed by atoms with Crippen LogP contribution < -0.4 is 4.74 Å². The Morgan fingerprint density at radius 1 is 1.15 bits per heavy atom. The summed E-state index contributed by atoms with van der Waals surface area (Å²) in [7, 11) is 1.61. The summed E-state index contributed by atoms with van der Waals surface area (Å²) >= 11 is 0. The minimum absolute atomic E-state index is 0.0726. The third kappa shape index (κ3) is 3.98. The van der Waals surface area contributed by atoms with Gasteiger partial charge in [0.25, 0.3) is 0 Å². The number of hydrogen-bond acceptors (Lipinski definition) is 4. The van der Waals surface area contributed by atoms with E-state index in [1.165, 1.54) is 0 Å². The first-order chi connectivity index (χ1) is 12.5. The number of nitrogens with zero attached hydrogens (tertiary/aromatic N) is 2. The van der Waals surface area contributed by atoms with Crippen molar-refractivity contribution < 1.29 is 24.2 Å². The number of methoxy groups -OCH3 is 1. The zero-order valence-corrected chi connectivity index (χ0v) is 14.9. The van der Waals surface area contributed by atoms with Gasteiger partial charge in [-0.25, -0.2) is 0 Å². The van der Waals surface area contributed by atoms with Gasteiger partial charge in [0.15, 0.2) is 0 Å². The van der Waals surface area contributed by atoms with Crippen LogP contribution in [-0.2, 0) is 20.9 Å². The van der Waals surface area contributed by atoms with E-state index < -0.39 is 11.9 Å². The average Bonchev–Trinajstić information content (AvgIpc) is 3.14. The van der Waals surface area contributed by atoms with Crippen molar-refractivity contribution in [2.45, 2.75) is 25.8 Å². The predicted octanol–water partition coefficient (Wildman–Crippen LogP) is 1.37. The van der Waals surface area contributed by atoms with Crippen LogP contribution in [0.25, 0.3) is 0 Å². The van der Waals surface area contributed by atoms with Crippen LogP contribution in [0.1, 0.15) is 24.8 Å². The van der Waals surface area contributed by atoms with Crippen molar-refractivity contribution in [3.05, 3.63) is 29.8 Å². The highest BCUT2D eigenvalue weighted by Crippen LogP contribution is 2.32. The molecule has 0 radical (unpaired) electrons. The summed E-state index contributed by atoms with van der Waals surface area (Å²) in [6.07, 6.45) is 1.52. The lowest BCUT2D eigenvalue weighted by atomic mass is 10.0. The van der Waals surface area contributed by atoms with Gasteiger partial charge < -0.3 is 19.6 Å². The molecule has 0 spiro atoms. The van der Waals surface area contributed by atoms with Crippen LogP contribution >= 0.6 is 0 Å². The first-order valence-electron chi connectivity index (χ1n) is 8.90. The predicted molar refractivity (Wildman–Crippen MR) is 93.5 cm³/mol. The molecule has 7 heteroatoms. The summed E-state index contributed by atoms with van der Waals surface area (Å²) < 4.78 is 5.13. The molecular formula is C19H24N2O5. The van der Waals surface area contributed by atoms with Crippen molar-refractivity contribution in [3.63, 3.8) is 0 Å². The summed E-state index contributed by atoms with van der Waals surface area (Å²) in [6, 6.07) is 7.57. The van der Waals surface area contributed by atoms with Gasteiger partial charge in [-0.1, -0.05) is 12.1 Å². The van der Waals surface area contributed by atoms with Gasteiger partial charge in [-0.3, -0.25) is 14.4 Å². The molecule has 2 amide bonds. The Morgan fingerprint density at radius 3 is 2.42 bits per heavy atom. The van der Waals surface area contributed by atoms with E-state index in [0.29, 0.717) is 38.9 Å². The lowest BCUT2D eigenvalue weighted by molar-refractivity contribution is -0.148. The fourth-order valence-corrected chi connectivity index (χ4v) is 3.70. The lowest BCUT2D eigenvalue weighted by Crippen LogP contribution is -2.53. The van der Waals surface area contributed by atoms with E-state index >= 15 is 0 Å². The zero-order chi connectivity index (χ0) is 18.7. The van der Waals surface area contributed by atoms with Crippen molar-refractivity contribution >= 4 is 17.8 Å². The number of amides is 2. The summed E-state index contributed by atoms with van der Waals surface area (Å²) in [4.78, 5) is 39.4. The van der Waals surface area contributed by atoms with Gasteiger partial charge >= 0.3 is 5.97 Å². The van der Waals surface area contributed by atoms with E-state index in [2.05, 4.69) is 0 Å². The molecule has 2 fully saturated rings. The van der Waals surface area contributed by atoms with Crippen LogP contribution in [0.3, 0.4) is 0 Å². The standard InChI is InChI=1S/C19H24N2O5/c1-26-16-6-2-13(3-7-16)11-20-8-9-21(12-17(20)22)18(23)14-4-5-15(10-14)19(24)25/h2-3,6-7,14-15H,4-5,8-12H2,1H3,(H,24,25)/t14-,15+/m0/s1. The number of ether oxygens (including phenoxy) is 1. The summed E-state index contributed by atoms with van der Waals surface area (Å²) in [5.41, 5.74) is 1.01. The molecule has 0 unspecified atom stereocenters. The van der Waals surface area contributed by atoms with Crippen LogP contribution in [0.5, 0.6) is 5.75 Å². The number of hydrogen-bond donors (Lipinski definition) is 1. The van der Waals surface area contributed by atoms with Crippen molar-refractivity contribution in [2.75, 3.05) is 26.7 Å². The maximum absolute atomic E-state index is 12.6. The fourth-order valence-electron chi connectivity index (χ4n) is 3.70. The second kappa shape index (κ2) is 7.76. The highest BCUT2D eigenvalue weighted by molar-refractivity contribution is 5.87. The quantitative estimate of drug-likeness (QED) is 0.857. The number of rotatable bonds is 5. The molecule has 26 heavy (non-hydrogen) atoms. The van der Waals surface area contributed by atoms with Gasteiger partial charge in [0.05, 0.1) is 19.6 Å². The van der Waals surface area contributed by atoms with Crippen molar-refractivity contribution in [2.24, 2.45) is 11.8 Å². The first kappa shape index (κ1) is 18.2. The molecule has 1 N–H and O–H groups in total. The second-order valence-corrected chi connectivity index (χ2v) is 6.97. The Labute approximate surface area is 152 Å². The Balaban J connectivity index is 1.53. The monoisotopic (exact) mass is 360 g/mol. The molecular weight excluding hydrogens is 336 g/mol. The van der Waals surface area contributed by atoms with Gasteiger partial charge in [-0.05, 0) is 37.0 Å². The summed E-state index contributed by atoms with van der Waals surface area (Å²) in [5, 5.41) is 9.08. The fraction of sp³-hybridized carbons (Fsp3) is 0.526. The Bertz CT molecular complexity index is 688. The normalized spacial score (nSPS) is 23.2. The summed E-state index contributed by atoms with van der Waals surface area (Å²) in [5.74, 6) is -0.917. The molecule has 0 aromatic heterocycles. The molecule has 1 aliphatic carbocycles. The second-order valence-electron chi connectivity index (χ2n) is 6.97. The van der Waals surface area contributed by atoms with Gasteiger partial charge in [0, 0.05) is 25.6 Å². The van der Waals surface area contributed by atoms with E-state index in [1.54, 1.807) is 16.9 Å². The molecule has 1 saturated heterocycles. The number of aliphatic carboxylic acids is 1. The lowest BCUT2D eigenvalue weighted by Gasteiger charge is -2.35. The van der Waals surface area contributed by atoms with E-state index in [0.717, 1.165) is 11.3 Å². The SMILES string of the molecule is COc1ccc(CN2CCN(C(=O)[C@H]3CC[C@@H](C(=O)O)C3)CC2=O)cc1. The Hall–Kier alpha value is -2.57. The highest BCUT2D eigenvalue weighted by atomic mass is 16.5. The minimum atomic E-state index is -0.833. The van der Waals surface area contributed by atoms with Crippen molar-refractivity contribution in [1.82, 2.24) is 9.80 Å². The van der Waals surface area contributed by atoms with Crippen LogP contribution in [0.4, 0.5) is 0 Å².